The van der Waals surface area contributed by atoms with Gasteiger partial charge < -0.3 is 16.6 Å². The highest BCUT2D eigenvalue weighted by Gasteiger charge is 2.41. The molecule has 0 unspecified atom stereocenters. The van der Waals surface area contributed by atoms with E-state index in [2.05, 4.69) is 4.99 Å². The number of hydrogen-bond acceptors (Lipinski definition) is 2. The van der Waals surface area contributed by atoms with Gasteiger partial charge >= 0.3 is 12.4 Å². The topological polar surface area (TPSA) is 102 Å². The van der Waals surface area contributed by atoms with Gasteiger partial charge in [0.25, 0.3) is 5.91 Å². The van der Waals surface area contributed by atoms with E-state index in [0.29, 0.717) is 0 Å². The number of alkyl halides is 6. The molecule has 1 aromatic rings. The highest BCUT2D eigenvalue weighted by molar-refractivity contribution is 6.03. The number of rotatable bonds is 1. The van der Waals surface area contributed by atoms with Gasteiger partial charge in [0.05, 0.1) is 16.7 Å². The molecule has 0 aliphatic heterocycles. The van der Waals surface area contributed by atoms with Gasteiger partial charge in [-0.3, -0.25) is 4.79 Å². The van der Waals surface area contributed by atoms with Gasteiger partial charge in [0.15, 0.2) is 5.96 Å². The second-order valence-electron chi connectivity index (χ2n) is 3.75. The Kier molecular flexibility index (Phi) is 4.07. The first kappa shape index (κ1) is 16.6. The summed E-state index contributed by atoms with van der Waals surface area (Å²) in [7, 11) is 0. The largest absolute Gasteiger partial charge is 0.507 e. The van der Waals surface area contributed by atoms with Crippen LogP contribution in [0.3, 0.4) is 0 Å². The number of phenolic OH excluding ortho intramolecular Hbond substituents is 1. The fourth-order valence-corrected chi connectivity index (χ4v) is 1.40. The van der Waals surface area contributed by atoms with Crippen LogP contribution in [0, 0.1) is 0 Å². The molecule has 116 valence electrons. The Morgan fingerprint density at radius 1 is 1.00 bits per heavy atom. The lowest BCUT2D eigenvalue weighted by molar-refractivity contribution is -0.142. The van der Waals surface area contributed by atoms with Crippen molar-refractivity contribution in [3.8, 4) is 5.75 Å². The molecular formula is C10H7F6N3O2. The lowest BCUT2D eigenvalue weighted by Crippen LogP contribution is -2.25. The van der Waals surface area contributed by atoms with Crippen LogP contribution in [-0.2, 0) is 12.4 Å². The van der Waals surface area contributed by atoms with Crippen LogP contribution in [-0.4, -0.2) is 17.0 Å². The maximum absolute atomic E-state index is 12.7. The minimum Gasteiger partial charge on any atom is -0.507 e. The van der Waals surface area contributed by atoms with Crippen molar-refractivity contribution in [2.24, 2.45) is 16.5 Å². The molecule has 0 saturated carbocycles. The fourth-order valence-electron chi connectivity index (χ4n) is 1.40. The van der Waals surface area contributed by atoms with Crippen LogP contribution >= 0.6 is 0 Å². The van der Waals surface area contributed by atoms with Gasteiger partial charge in [0.2, 0.25) is 0 Å². The molecule has 5 nitrogen and oxygen atoms in total. The Balaban J connectivity index is 3.65. The average molecular weight is 315 g/mol. The Morgan fingerprint density at radius 2 is 1.48 bits per heavy atom. The summed E-state index contributed by atoms with van der Waals surface area (Å²) in [6.07, 6.45) is -10.4. The number of guanidine groups is 1. The van der Waals surface area contributed by atoms with E-state index in [1.165, 1.54) is 0 Å². The van der Waals surface area contributed by atoms with Gasteiger partial charge in [-0.2, -0.15) is 31.3 Å². The molecule has 0 atom stereocenters. The summed E-state index contributed by atoms with van der Waals surface area (Å²) in [5.41, 5.74) is 4.56. The maximum Gasteiger partial charge on any atom is 0.419 e. The molecule has 11 heteroatoms. The first-order valence-electron chi connectivity index (χ1n) is 4.99. The van der Waals surface area contributed by atoms with Crippen molar-refractivity contribution < 1.29 is 36.2 Å². The van der Waals surface area contributed by atoms with E-state index in [1.54, 1.807) is 0 Å². The number of aliphatic imine (C=N–C) groups is 1. The number of halogens is 6. The van der Waals surface area contributed by atoms with Crippen LogP contribution in [0.4, 0.5) is 26.3 Å². The molecule has 5 N–H and O–H groups in total. The molecule has 1 aromatic carbocycles. The number of nitrogens with zero attached hydrogens (tertiary/aromatic N) is 1. The van der Waals surface area contributed by atoms with Crippen molar-refractivity contribution in [2.45, 2.75) is 12.4 Å². The molecule has 21 heavy (non-hydrogen) atoms. The Labute approximate surface area is 112 Å². The molecule has 0 saturated heterocycles. The number of carbonyl (C=O) groups is 1. The van der Waals surface area contributed by atoms with E-state index in [0.717, 1.165) is 0 Å². The highest BCUT2D eigenvalue weighted by atomic mass is 19.4. The highest BCUT2D eigenvalue weighted by Crippen LogP contribution is 2.41. The first-order chi connectivity index (χ1) is 9.34. The minimum absolute atomic E-state index is 0.160. The zero-order valence-corrected chi connectivity index (χ0v) is 9.88. The summed E-state index contributed by atoms with van der Waals surface area (Å²) in [6.45, 7) is 0. The third-order valence-corrected chi connectivity index (χ3v) is 2.21. The van der Waals surface area contributed by atoms with Gasteiger partial charge in [0.1, 0.15) is 5.75 Å². The second-order valence-corrected chi connectivity index (χ2v) is 3.75. The smallest absolute Gasteiger partial charge is 0.419 e. The van der Waals surface area contributed by atoms with Gasteiger partial charge in [0, 0.05) is 0 Å². The van der Waals surface area contributed by atoms with E-state index < -0.39 is 46.7 Å². The minimum atomic E-state index is -5.19. The molecule has 0 aliphatic carbocycles. The third-order valence-electron chi connectivity index (χ3n) is 2.21. The monoisotopic (exact) mass is 315 g/mol. The Morgan fingerprint density at radius 3 is 1.86 bits per heavy atom. The van der Waals surface area contributed by atoms with Crippen molar-refractivity contribution in [2.75, 3.05) is 0 Å². The molecule has 0 aliphatic rings. The van der Waals surface area contributed by atoms with Crippen LogP contribution in [0.5, 0.6) is 5.75 Å². The number of aromatic hydroxyl groups is 1. The average Bonchev–Trinajstić information content (AvgIpc) is 2.24. The molecular weight excluding hydrogens is 308 g/mol. The van der Waals surface area contributed by atoms with Crippen LogP contribution < -0.4 is 11.5 Å². The molecule has 0 heterocycles. The summed E-state index contributed by atoms with van der Waals surface area (Å²) in [5, 5.41) is 9.06. The van der Waals surface area contributed by atoms with Crippen LogP contribution in [0.25, 0.3) is 0 Å². The van der Waals surface area contributed by atoms with Gasteiger partial charge in [-0.25, -0.2) is 0 Å². The van der Waals surface area contributed by atoms with Crippen molar-refractivity contribution in [1.82, 2.24) is 0 Å². The lowest BCUT2D eigenvalue weighted by Gasteiger charge is -2.15. The first-order valence-corrected chi connectivity index (χ1v) is 4.99. The van der Waals surface area contributed by atoms with E-state index in [1.807, 2.05) is 0 Å². The van der Waals surface area contributed by atoms with Crippen LogP contribution in [0.15, 0.2) is 17.1 Å². The summed E-state index contributed by atoms with van der Waals surface area (Å²) >= 11 is 0. The summed E-state index contributed by atoms with van der Waals surface area (Å²) in [4.78, 5) is 14.2. The summed E-state index contributed by atoms with van der Waals surface area (Å²) in [6, 6.07) is -0.370. The van der Waals surface area contributed by atoms with Gasteiger partial charge in [-0.05, 0) is 12.1 Å². The number of hydrogen-bond donors (Lipinski definition) is 3. The quantitative estimate of drug-likeness (QED) is 0.418. The molecule has 0 radical (unpaired) electrons. The predicted molar refractivity (Wildman–Crippen MR) is 58.3 cm³/mol. The van der Waals surface area contributed by atoms with Crippen molar-refractivity contribution in [3.63, 3.8) is 0 Å². The van der Waals surface area contributed by atoms with Crippen molar-refractivity contribution >= 4 is 11.9 Å². The van der Waals surface area contributed by atoms with E-state index in [-0.39, 0.29) is 12.1 Å². The third kappa shape index (κ3) is 3.77. The van der Waals surface area contributed by atoms with Gasteiger partial charge in [-0.1, -0.05) is 0 Å². The molecule has 0 spiro atoms. The molecule has 0 bridgehead atoms. The standard InChI is InChI=1S/C10H7F6N3O2/c11-9(12,13)4-2-6(20)5(10(14,15)16)1-3(4)7(21)19-8(17)18/h1-2,20H,(H4,17,18,19,21). The molecule has 0 aromatic heterocycles. The van der Waals surface area contributed by atoms with Crippen LogP contribution in [0.1, 0.15) is 21.5 Å². The summed E-state index contributed by atoms with van der Waals surface area (Å²) in [5.74, 6) is -4.31. The lowest BCUT2D eigenvalue weighted by atomic mass is 10.0. The second kappa shape index (κ2) is 5.14. The fraction of sp³-hybridized carbons (Fsp3) is 0.200. The number of amides is 1. The Bertz CT molecular complexity index is 602. The number of phenols is 1. The van der Waals surface area contributed by atoms with Crippen molar-refractivity contribution in [1.29, 1.82) is 0 Å². The number of benzene rings is 1. The molecule has 0 fully saturated rings. The molecule has 1 amide bonds. The Hall–Kier alpha value is -2.46. The van der Waals surface area contributed by atoms with Crippen LogP contribution in [0.2, 0.25) is 0 Å². The van der Waals surface area contributed by atoms with E-state index in [4.69, 9.17) is 16.6 Å². The van der Waals surface area contributed by atoms with Crippen molar-refractivity contribution in [3.05, 3.63) is 28.8 Å². The number of nitrogens with two attached hydrogens (primary N) is 2. The summed E-state index contributed by atoms with van der Waals surface area (Å²) < 4.78 is 75.7. The normalized spacial score (nSPS) is 12.1. The zero-order valence-electron chi connectivity index (χ0n) is 9.88. The van der Waals surface area contributed by atoms with Gasteiger partial charge in [-0.15, -0.1) is 0 Å². The zero-order chi connectivity index (χ0) is 16.6. The molecule has 1 rings (SSSR count). The van der Waals surface area contributed by atoms with E-state index in [9.17, 15) is 31.1 Å². The maximum atomic E-state index is 12.7. The number of carbonyl (C=O) groups excluding carboxylic acids is 1. The van der Waals surface area contributed by atoms with E-state index >= 15 is 0 Å². The SMILES string of the molecule is NC(N)=NC(=O)c1cc(C(F)(F)F)c(O)cc1C(F)(F)F. The predicted octanol–water partition coefficient (Wildman–Crippen LogP) is 1.84.